The molecule has 0 aliphatic heterocycles. The van der Waals surface area contributed by atoms with E-state index in [1.165, 1.54) is 106 Å². The monoisotopic (exact) mass is 576 g/mol. The van der Waals surface area contributed by atoms with Gasteiger partial charge >= 0.3 is 18.9 Å². The number of nitrogens with one attached hydrogen (secondary N) is 1. The van der Waals surface area contributed by atoms with Gasteiger partial charge in [-0.3, -0.25) is 9.89 Å². The van der Waals surface area contributed by atoms with Crippen molar-refractivity contribution in [1.82, 2.24) is 9.78 Å². The van der Waals surface area contributed by atoms with Crippen molar-refractivity contribution in [3.05, 3.63) is 70.6 Å². The van der Waals surface area contributed by atoms with Crippen LogP contribution in [-0.4, -0.2) is 22.8 Å². The van der Waals surface area contributed by atoms with Gasteiger partial charge in [-0.2, -0.15) is 0 Å². The third-order valence-electron chi connectivity index (χ3n) is 7.25. The smallest absolute Gasteiger partial charge is 0.744 e. The number of nitrogens with zero attached hydrogens (tertiary/aromatic N) is 1. The maximum absolute atomic E-state index is 12.6. The van der Waals surface area contributed by atoms with Crippen LogP contribution in [0.4, 0.5) is 0 Å². The zero-order chi connectivity index (χ0) is 28.6. The fraction of sp³-hybridized carbons (Fsp3) is 0.531. The molecule has 3 rings (SSSR count). The molecule has 0 atom stereocenters. The van der Waals surface area contributed by atoms with Gasteiger partial charge in [-0.25, -0.2) is 13.1 Å². The Labute approximate surface area is 258 Å². The molecule has 1 N–H and O–H groups in total. The molecule has 3 aromatic rings. The third kappa shape index (κ3) is 12.7. The molecule has 0 fully saturated rings. The summed E-state index contributed by atoms with van der Waals surface area (Å²) < 4.78 is 42.7. The van der Waals surface area contributed by atoms with E-state index >= 15 is 0 Å². The number of H-pyrrole nitrogens is 1. The zero-order valence-corrected chi connectivity index (χ0v) is 25.7. The van der Waals surface area contributed by atoms with E-state index < -0.39 is 15.0 Å². The van der Waals surface area contributed by atoms with Crippen molar-refractivity contribution in [2.75, 3.05) is 0 Å². The number of hydrogen-bond acceptors (Lipinski definition) is 5. The average molecular weight is 577 g/mol. The van der Waals surface area contributed by atoms with Gasteiger partial charge < -0.3 is 9.29 Å². The number of hydrogen-bond donors (Lipinski definition) is 1. The molecule has 0 spiro atoms. The summed E-state index contributed by atoms with van der Waals surface area (Å²) in [5.41, 5.74) is 0.750. The zero-order valence-electron chi connectivity index (χ0n) is 24.9. The van der Waals surface area contributed by atoms with Gasteiger partial charge in [-0.1, -0.05) is 115 Å². The van der Waals surface area contributed by atoms with Crippen LogP contribution in [0.5, 0.6) is 11.5 Å². The van der Waals surface area contributed by atoms with E-state index in [1.54, 1.807) is 36.4 Å². The summed E-state index contributed by atoms with van der Waals surface area (Å²) >= 11 is 0. The molecule has 41 heavy (non-hydrogen) atoms. The number of ether oxygens (including phenoxy) is 1. The predicted molar refractivity (Wildman–Crippen MR) is 160 cm³/mol. The number of aromatic nitrogens is 2. The summed E-state index contributed by atoms with van der Waals surface area (Å²) in [4.78, 5) is 12.1. The summed E-state index contributed by atoms with van der Waals surface area (Å²) in [6, 6.07) is 14.3. The molecule has 0 aliphatic carbocycles. The predicted octanol–water partition coefficient (Wildman–Crippen LogP) is 5.28. The summed E-state index contributed by atoms with van der Waals surface area (Å²) in [6.07, 6.45) is 20.2. The van der Waals surface area contributed by atoms with Gasteiger partial charge in [-0.15, -0.1) is 0 Å². The number of unbranched alkanes of at least 4 members (excludes halogenated alkanes) is 14. The van der Waals surface area contributed by atoms with Crippen LogP contribution < -0.4 is 29.2 Å². The Morgan fingerprint density at radius 1 is 0.756 bits per heavy atom. The quantitative estimate of drug-likeness (QED) is 0.112. The van der Waals surface area contributed by atoms with Crippen LogP contribution in [0.3, 0.4) is 0 Å². The molecule has 0 unspecified atom stereocenters. The molecule has 1 aromatic heterocycles. The second-order valence-corrected chi connectivity index (χ2v) is 12.0. The summed E-state index contributed by atoms with van der Waals surface area (Å²) in [6.45, 7) is 2.26. The largest absolute Gasteiger partial charge is 1.00 e. The molecular weight excluding hydrogens is 531 g/mol. The van der Waals surface area contributed by atoms with Gasteiger partial charge in [0.25, 0.3) is 5.56 Å². The minimum atomic E-state index is -4.83. The van der Waals surface area contributed by atoms with Crippen LogP contribution in [0.15, 0.2) is 64.3 Å². The second-order valence-electron chi connectivity index (χ2n) is 10.7. The van der Waals surface area contributed by atoms with Crippen molar-refractivity contribution in [2.24, 2.45) is 0 Å². The molecule has 2 aromatic carbocycles. The number of para-hydroxylation sites is 1. The van der Waals surface area contributed by atoms with Crippen molar-refractivity contribution in [3.63, 3.8) is 0 Å². The average Bonchev–Trinajstić information content (AvgIpc) is 3.31. The molecule has 220 valence electrons. The maximum Gasteiger partial charge on any atom is 1.00 e. The van der Waals surface area contributed by atoms with E-state index in [0.29, 0.717) is 5.75 Å². The fourth-order valence-electron chi connectivity index (χ4n) is 4.98. The topological polar surface area (TPSA) is 104 Å². The van der Waals surface area contributed by atoms with Crippen molar-refractivity contribution in [3.8, 4) is 17.2 Å². The number of benzene rings is 2. The Morgan fingerprint density at radius 2 is 1.29 bits per heavy atom. The van der Waals surface area contributed by atoms with Crippen LogP contribution in [-0.2, 0) is 16.5 Å². The fourth-order valence-corrected chi connectivity index (χ4v) is 5.60. The summed E-state index contributed by atoms with van der Waals surface area (Å²) in [5.74, 6) is 0.325. The van der Waals surface area contributed by atoms with Crippen molar-refractivity contribution >= 4 is 10.1 Å². The molecule has 0 aliphatic rings. The van der Waals surface area contributed by atoms with Crippen LogP contribution >= 0.6 is 0 Å². The van der Waals surface area contributed by atoms with E-state index in [4.69, 9.17) is 4.74 Å². The molecule has 9 heteroatoms. The van der Waals surface area contributed by atoms with Gasteiger partial charge in [0.2, 0.25) is 0 Å². The van der Waals surface area contributed by atoms with Crippen molar-refractivity contribution in [2.45, 2.75) is 115 Å². The number of aromatic amines is 1. The first kappa shape index (κ1) is 35.0. The normalized spacial score (nSPS) is 11.4. The van der Waals surface area contributed by atoms with Gasteiger partial charge in [0, 0.05) is 11.8 Å². The van der Waals surface area contributed by atoms with Crippen LogP contribution in [0.1, 0.15) is 109 Å². The van der Waals surface area contributed by atoms with E-state index in [-0.39, 0.29) is 35.9 Å². The first-order valence-corrected chi connectivity index (χ1v) is 16.4. The second kappa shape index (κ2) is 19.0. The summed E-state index contributed by atoms with van der Waals surface area (Å²) in [7, 11) is -4.83. The van der Waals surface area contributed by atoms with E-state index in [1.807, 2.05) is 0 Å². The molecule has 1 heterocycles. The van der Waals surface area contributed by atoms with Crippen molar-refractivity contribution in [1.29, 1.82) is 0 Å². The Bertz CT molecular complexity index is 1310. The van der Waals surface area contributed by atoms with Gasteiger partial charge in [0.1, 0.15) is 21.6 Å². The van der Waals surface area contributed by atoms with Crippen molar-refractivity contribution < 1.29 is 36.6 Å². The minimum absolute atomic E-state index is 0. The molecule has 0 saturated carbocycles. The van der Waals surface area contributed by atoms with Gasteiger partial charge in [0.15, 0.2) is 0 Å². The van der Waals surface area contributed by atoms with Crippen LogP contribution in [0.25, 0.3) is 5.69 Å². The van der Waals surface area contributed by atoms with E-state index in [0.717, 1.165) is 25.0 Å². The molecular formula is C32H45LiN2O5S. The summed E-state index contributed by atoms with van der Waals surface area (Å²) in [5, 5.41) is 3.06. The molecule has 7 nitrogen and oxygen atoms in total. The Morgan fingerprint density at radius 3 is 1.83 bits per heavy atom. The minimum Gasteiger partial charge on any atom is -0.744 e. The number of rotatable bonds is 20. The Balaban J connectivity index is 0.00000588. The third-order valence-corrected chi connectivity index (χ3v) is 8.11. The maximum atomic E-state index is 12.6. The van der Waals surface area contributed by atoms with E-state index in [2.05, 4.69) is 12.0 Å². The van der Waals surface area contributed by atoms with Crippen LogP contribution in [0, 0.1) is 0 Å². The molecule has 0 bridgehead atoms. The SMILES string of the molecule is CCCCCCCCCCCCCCCCCc1cc(=O)n(-c2ccc(Oc3ccccc3)c(S(=O)(=O)[O-])c2)[nH]1.[Li+]. The molecule has 0 amide bonds. The Hall–Kier alpha value is -2.24. The number of aryl methyl sites for hydroxylation is 1. The first-order valence-electron chi connectivity index (χ1n) is 15.0. The van der Waals surface area contributed by atoms with Crippen LogP contribution in [0.2, 0.25) is 0 Å². The molecule has 0 saturated heterocycles. The first-order chi connectivity index (χ1) is 19.4. The van der Waals surface area contributed by atoms with Gasteiger partial charge in [-0.05, 0) is 43.2 Å². The van der Waals surface area contributed by atoms with E-state index in [9.17, 15) is 17.8 Å². The van der Waals surface area contributed by atoms with Gasteiger partial charge in [0.05, 0.1) is 10.6 Å². The Kier molecular flexibility index (Phi) is 16.2. The molecule has 0 radical (unpaired) electrons. The standard InChI is InChI=1S/C32H46N2O5S.Li/c1-2-3-4-5-6-7-8-9-10-11-12-13-14-15-17-20-27-25-32(35)34(33-27)28-23-24-30(31(26-28)40(36,37)38)39-29-21-18-16-19-22-29;/h16,18-19,21-26,33H,2-15,17,20H2,1H3,(H,36,37,38);/q;+1/p-1.